The normalized spacial score (nSPS) is 34.2. The molecule has 1 aromatic carbocycles. The van der Waals surface area contributed by atoms with Gasteiger partial charge in [-0.05, 0) is 31.2 Å². The van der Waals surface area contributed by atoms with Crippen molar-refractivity contribution in [2.75, 3.05) is 12.3 Å². The van der Waals surface area contributed by atoms with Crippen molar-refractivity contribution >= 4 is 5.69 Å². The predicted octanol–water partition coefficient (Wildman–Crippen LogP) is 2.21. The molecule has 14 heavy (non-hydrogen) atoms. The molecular formula is C12H15NO. The van der Waals surface area contributed by atoms with Crippen LogP contribution in [0.5, 0.6) is 0 Å². The van der Waals surface area contributed by atoms with E-state index in [-0.39, 0.29) is 5.60 Å². The van der Waals surface area contributed by atoms with Crippen molar-refractivity contribution in [3.05, 3.63) is 29.3 Å². The second-order valence-corrected chi connectivity index (χ2v) is 4.62. The molecule has 2 heteroatoms. The number of benzene rings is 1. The van der Waals surface area contributed by atoms with E-state index in [2.05, 4.69) is 25.1 Å². The smallest absolute Gasteiger partial charge is 0.0958 e. The first-order valence-electron chi connectivity index (χ1n) is 5.21. The van der Waals surface area contributed by atoms with Gasteiger partial charge in [-0.15, -0.1) is 0 Å². The minimum Gasteiger partial charge on any atom is -0.398 e. The highest BCUT2D eigenvalue weighted by molar-refractivity contribution is 5.56. The molecule has 1 aliphatic carbocycles. The number of hydrogen-bond acceptors (Lipinski definition) is 2. The van der Waals surface area contributed by atoms with Gasteiger partial charge in [-0.3, -0.25) is 0 Å². The van der Waals surface area contributed by atoms with Crippen LogP contribution in [0.25, 0.3) is 0 Å². The number of fused-ring (bicyclic) bond motifs is 1. The Bertz CT molecular complexity index is 374. The molecule has 2 bridgehead atoms. The number of ether oxygens (including phenoxy) is 1. The minimum absolute atomic E-state index is 0.0131. The molecule has 1 aromatic rings. The Morgan fingerprint density at radius 1 is 1.43 bits per heavy atom. The summed E-state index contributed by atoms with van der Waals surface area (Å²) in [6.07, 6.45) is 2.33. The van der Waals surface area contributed by atoms with Gasteiger partial charge >= 0.3 is 0 Å². The topological polar surface area (TPSA) is 35.2 Å². The number of hydrogen-bond donors (Lipinski definition) is 1. The summed E-state index contributed by atoms with van der Waals surface area (Å²) in [6, 6.07) is 6.25. The maximum Gasteiger partial charge on any atom is 0.0958 e. The molecule has 2 nitrogen and oxygen atoms in total. The number of anilines is 1. The second kappa shape index (κ2) is 2.51. The summed E-state index contributed by atoms with van der Waals surface area (Å²) >= 11 is 0. The quantitative estimate of drug-likeness (QED) is 0.687. The first-order chi connectivity index (χ1) is 6.71. The van der Waals surface area contributed by atoms with Crippen LogP contribution in [0, 0.1) is 12.8 Å². The van der Waals surface area contributed by atoms with E-state index < -0.39 is 0 Å². The van der Waals surface area contributed by atoms with E-state index in [0.717, 1.165) is 23.8 Å². The molecule has 3 fully saturated rings. The van der Waals surface area contributed by atoms with Crippen LogP contribution < -0.4 is 5.73 Å². The van der Waals surface area contributed by atoms with Crippen molar-refractivity contribution in [3.8, 4) is 0 Å². The van der Waals surface area contributed by atoms with Gasteiger partial charge in [0.25, 0.3) is 0 Å². The van der Waals surface area contributed by atoms with E-state index in [1.54, 1.807) is 0 Å². The maximum absolute atomic E-state index is 6.09. The van der Waals surface area contributed by atoms with Crippen LogP contribution in [0.4, 0.5) is 5.69 Å². The lowest BCUT2D eigenvalue weighted by Gasteiger charge is -2.37. The maximum atomic E-state index is 6.09. The Hall–Kier alpha value is -1.02. The summed E-state index contributed by atoms with van der Waals surface area (Å²) in [5, 5.41) is 0. The zero-order valence-corrected chi connectivity index (χ0v) is 8.42. The monoisotopic (exact) mass is 189 g/mol. The average Bonchev–Trinajstić information content (AvgIpc) is 2.68. The Morgan fingerprint density at radius 2 is 2.21 bits per heavy atom. The van der Waals surface area contributed by atoms with Gasteiger partial charge in [-0.25, -0.2) is 0 Å². The highest BCUT2D eigenvalue weighted by atomic mass is 16.5. The fraction of sp³-hybridized carbons (Fsp3) is 0.500. The number of para-hydroxylation sites is 1. The van der Waals surface area contributed by atoms with Crippen LogP contribution in [0.3, 0.4) is 0 Å². The lowest BCUT2D eigenvalue weighted by atomic mass is 9.70. The Labute approximate surface area is 84.1 Å². The van der Waals surface area contributed by atoms with E-state index in [1.165, 1.54) is 18.4 Å². The van der Waals surface area contributed by atoms with Gasteiger partial charge in [0.1, 0.15) is 0 Å². The Kier molecular flexibility index (Phi) is 1.49. The molecule has 2 N–H and O–H groups in total. The third kappa shape index (κ3) is 0.894. The molecule has 74 valence electrons. The fourth-order valence-corrected chi connectivity index (χ4v) is 2.76. The Morgan fingerprint density at radius 3 is 2.86 bits per heavy atom. The molecule has 2 aliphatic heterocycles. The summed E-state index contributed by atoms with van der Waals surface area (Å²) in [5.74, 6) is 0.787. The highest BCUT2D eigenvalue weighted by Gasteiger charge is 2.53. The molecule has 2 saturated heterocycles. The highest BCUT2D eigenvalue weighted by Crippen LogP contribution is 2.56. The molecule has 0 aromatic heterocycles. The SMILES string of the molecule is Cc1cccc(C23CC(CO2)C3)c1N. The molecule has 0 unspecified atom stereocenters. The number of aryl methyl sites for hydroxylation is 1. The second-order valence-electron chi connectivity index (χ2n) is 4.62. The summed E-state index contributed by atoms with van der Waals surface area (Å²) in [6.45, 7) is 2.98. The van der Waals surface area contributed by atoms with Gasteiger partial charge in [0.2, 0.25) is 0 Å². The fourth-order valence-electron chi connectivity index (χ4n) is 2.76. The summed E-state index contributed by atoms with van der Waals surface area (Å²) < 4.78 is 5.86. The molecule has 0 spiro atoms. The predicted molar refractivity (Wildman–Crippen MR) is 55.9 cm³/mol. The standard InChI is InChI=1S/C12H15NO/c1-8-3-2-4-10(11(8)13)12-5-9(6-12)7-14-12/h2-4,9H,5-7,13H2,1H3. The third-order valence-corrected chi connectivity index (χ3v) is 3.65. The number of nitrogens with two attached hydrogens (primary N) is 1. The van der Waals surface area contributed by atoms with E-state index in [9.17, 15) is 0 Å². The molecule has 1 saturated carbocycles. The zero-order chi connectivity index (χ0) is 9.76. The molecule has 4 rings (SSSR count). The lowest BCUT2D eigenvalue weighted by molar-refractivity contribution is -0.00217. The van der Waals surface area contributed by atoms with Gasteiger partial charge in [0.15, 0.2) is 0 Å². The summed E-state index contributed by atoms with van der Waals surface area (Å²) in [5.41, 5.74) is 9.38. The van der Waals surface area contributed by atoms with E-state index in [0.29, 0.717) is 0 Å². The van der Waals surface area contributed by atoms with Crippen LogP contribution >= 0.6 is 0 Å². The molecule has 0 atom stereocenters. The van der Waals surface area contributed by atoms with Crippen LogP contribution in [0.2, 0.25) is 0 Å². The largest absolute Gasteiger partial charge is 0.398 e. The Balaban J connectivity index is 2.08. The minimum atomic E-state index is -0.0131. The van der Waals surface area contributed by atoms with Crippen LogP contribution in [-0.2, 0) is 10.3 Å². The first kappa shape index (κ1) is 8.30. The van der Waals surface area contributed by atoms with Crippen LogP contribution in [0.1, 0.15) is 24.0 Å². The number of nitrogen functional groups attached to an aromatic ring is 1. The van der Waals surface area contributed by atoms with Crippen molar-refractivity contribution < 1.29 is 4.74 Å². The first-order valence-corrected chi connectivity index (χ1v) is 5.21. The summed E-state index contributed by atoms with van der Waals surface area (Å²) in [7, 11) is 0. The van der Waals surface area contributed by atoms with E-state index in [1.807, 2.05) is 0 Å². The molecule has 2 heterocycles. The van der Waals surface area contributed by atoms with Crippen molar-refractivity contribution in [2.24, 2.45) is 5.92 Å². The number of rotatable bonds is 1. The average molecular weight is 189 g/mol. The van der Waals surface area contributed by atoms with Crippen molar-refractivity contribution in [2.45, 2.75) is 25.4 Å². The van der Waals surface area contributed by atoms with E-state index in [4.69, 9.17) is 10.5 Å². The van der Waals surface area contributed by atoms with Crippen LogP contribution in [-0.4, -0.2) is 6.61 Å². The van der Waals surface area contributed by atoms with Gasteiger partial charge < -0.3 is 10.5 Å². The van der Waals surface area contributed by atoms with Crippen molar-refractivity contribution in [3.63, 3.8) is 0 Å². The zero-order valence-electron chi connectivity index (χ0n) is 8.42. The van der Waals surface area contributed by atoms with Gasteiger partial charge in [-0.2, -0.15) is 0 Å². The third-order valence-electron chi connectivity index (χ3n) is 3.65. The lowest BCUT2D eigenvalue weighted by Crippen LogP contribution is -2.34. The molecule has 3 aliphatic rings. The van der Waals surface area contributed by atoms with Gasteiger partial charge in [0.05, 0.1) is 12.2 Å². The van der Waals surface area contributed by atoms with Gasteiger partial charge in [0, 0.05) is 11.3 Å². The van der Waals surface area contributed by atoms with Crippen molar-refractivity contribution in [1.82, 2.24) is 0 Å². The summed E-state index contributed by atoms with van der Waals surface area (Å²) in [4.78, 5) is 0. The van der Waals surface area contributed by atoms with E-state index >= 15 is 0 Å². The van der Waals surface area contributed by atoms with Crippen molar-refractivity contribution in [1.29, 1.82) is 0 Å². The van der Waals surface area contributed by atoms with Crippen LogP contribution in [0.15, 0.2) is 18.2 Å². The van der Waals surface area contributed by atoms with Gasteiger partial charge in [-0.1, -0.05) is 18.2 Å². The molecule has 0 radical (unpaired) electrons. The molecular weight excluding hydrogens is 174 g/mol. The molecule has 0 amide bonds.